The largest absolute Gasteiger partial charge is 0.352 e. The number of fused-ring (bicyclic) bond motifs is 2. The van der Waals surface area contributed by atoms with Crippen molar-refractivity contribution in [3.8, 4) is 0 Å². The van der Waals surface area contributed by atoms with E-state index in [0.29, 0.717) is 39.8 Å². The number of amides is 2. The number of anilines is 3. The van der Waals surface area contributed by atoms with E-state index in [9.17, 15) is 9.59 Å². The van der Waals surface area contributed by atoms with E-state index in [1.54, 1.807) is 40.0 Å². The first-order valence-electron chi connectivity index (χ1n) is 14.2. The second-order valence-corrected chi connectivity index (χ2v) is 13.1. The molecule has 1 saturated heterocycles. The Morgan fingerprint density at radius 2 is 1.85 bits per heavy atom. The number of rotatable bonds is 6. The van der Waals surface area contributed by atoms with Gasteiger partial charge in [-0.1, -0.05) is 50.0 Å². The number of piperidine rings is 1. The molecule has 3 aromatic rings. The van der Waals surface area contributed by atoms with Gasteiger partial charge in [-0.15, -0.1) is 0 Å². The van der Waals surface area contributed by atoms with Gasteiger partial charge in [0.2, 0.25) is 5.91 Å². The maximum absolute atomic E-state index is 13.8. The quantitative estimate of drug-likeness (QED) is 0.344. The van der Waals surface area contributed by atoms with Crippen molar-refractivity contribution in [2.75, 3.05) is 29.9 Å². The molecule has 1 fully saturated rings. The summed E-state index contributed by atoms with van der Waals surface area (Å²) in [6.07, 6.45) is 4.64. The van der Waals surface area contributed by atoms with E-state index in [0.717, 1.165) is 61.5 Å². The fourth-order valence-electron chi connectivity index (χ4n) is 5.39. The minimum Gasteiger partial charge on any atom is -0.352 e. The van der Waals surface area contributed by atoms with Gasteiger partial charge in [-0.3, -0.25) is 14.3 Å². The van der Waals surface area contributed by atoms with E-state index < -0.39 is 0 Å². The van der Waals surface area contributed by atoms with Crippen molar-refractivity contribution < 1.29 is 9.59 Å². The van der Waals surface area contributed by atoms with Gasteiger partial charge in [0, 0.05) is 40.7 Å². The molecule has 0 aliphatic carbocycles. The zero-order valence-electron chi connectivity index (χ0n) is 24.1. The first-order chi connectivity index (χ1) is 19.5. The number of carbonyl (C=O) groups is 2. The van der Waals surface area contributed by atoms with Gasteiger partial charge in [0.1, 0.15) is 5.82 Å². The summed E-state index contributed by atoms with van der Waals surface area (Å²) in [6, 6.07) is 10.7. The predicted octanol–water partition coefficient (Wildman–Crippen LogP) is 6.40. The molecule has 3 heterocycles. The van der Waals surface area contributed by atoms with Gasteiger partial charge in [0.05, 0.1) is 24.1 Å². The number of aryl methyl sites for hydroxylation is 1. The Bertz CT molecular complexity index is 1440. The lowest BCUT2D eigenvalue weighted by molar-refractivity contribution is -0.126. The van der Waals surface area contributed by atoms with E-state index in [1.165, 1.54) is 0 Å². The zero-order valence-corrected chi connectivity index (χ0v) is 25.6. The summed E-state index contributed by atoms with van der Waals surface area (Å²) in [4.78, 5) is 30.9. The van der Waals surface area contributed by atoms with Gasteiger partial charge in [-0.2, -0.15) is 5.10 Å². The van der Waals surface area contributed by atoms with Crippen molar-refractivity contribution >= 4 is 52.2 Å². The van der Waals surface area contributed by atoms with Crippen LogP contribution in [0.2, 0.25) is 10.0 Å². The van der Waals surface area contributed by atoms with Crippen LogP contribution in [0.1, 0.15) is 61.5 Å². The third-order valence-corrected chi connectivity index (χ3v) is 8.57. The van der Waals surface area contributed by atoms with Crippen LogP contribution < -0.4 is 15.5 Å². The molecule has 2 N–H and O–H groups in total. The lowest BCUT2D eigenvalue weighted by Gasteiger charge is -2.33. The third kappa shape index (κ3) is 6.88. The van der Waals surface area contributed by atoms with Gasteiger partial charge in [0.15, 0.2) is 0 Å². The Morgan fingerprint density at radius 1 is 1.10 bits per heavy atom. The standard InChI is InChI=1S/C31H38Cl2N6O2/c1-31(2,3)11-14-38-12-9-20(10-13-38)29(40)34-17-22-6-5-21(15-25(22)33)30(41)39-19-23-18-35-37(4)28(23)36-26-16-24(32)7-8-27(26)39/h5-8,15-16,18,20,36H,9-14,17,19H2,1-4H3,(H,34,40). The first kappa shape index (κ1) is 29.4. The summed E-state index contributed by atoms with van der Waals surface area (Å²) < 4.78 is 1.74. The van der Waals surface area contributed by atoms with E-state index in [2.05, 4.69) is 41.4 Å². The maximum atomic E-state index is 13.8. The Morgan fingerprint density at radius 3 is 2.56 bits per heavy atom. The molecule has 5 rings (SSSR count). The highest BCUT2D eigenvalue weighted by Crippen LogP contribution is 2.38. The van der Waals surface area contributed by atoms with Crippen LogP contribution in [0.3, 0.4) is 0 Å². The number of hydrogen-bond donors (Lipinski definition) is 2. The van der Waals surface area contributed by atoms with Crippen LogP contribution in [0.5, 0.6) is 0 Å². The number of benzene rings is 2. The lowest BCUT2D eigenvalue weighted by atomic mass is 9.90. The highest BCUT2D eigenvalue weighted by molar-refractivity contribution is 6.32. The van der Waals surface area contributed by atoms with Gasteiger partial charge in [-0.25, -0.2) is 0 Å². The highest BCUT2D eigenvalue weighted by Gasteiger charge is 2.28. The van der Waals surface area contributed by atoms with Crippen molar-refractivity contribution in [1.29, 1.82) is 0 Å². The van der Waals surface area contributed by atoms with Crippen molar-refractivity contribution in [2.45, 2.75) is 53.1 Å². The molecule has 10 heteroatoms. The molecule has 2 amide bonds. The summed E-state index contributed by atoms with van der Waals surface area (Å²) in [5, 5.41) is 11.8. The minimum absolute atomic E-state index is 0.0168. The zero-order chi connectivity index (χ0) is 29.3. The highest BCUT2D eigenvalue weighted by atomic mass is 35.5. The van der Waals surface area contributed by atoms with Gasteiger partial charge >= 0.3 is 0 Å². The third-order valence-electron chi connectivity index (χ3n) is 7.98. The normalized spacial score (nSPS) is 16.0. The van der Waals surface area contributed by atoms with Crippen molar-refractivity contribution in [2.24, 2.45) is 18.4 Å². The summed E-state index contributed by atoms with van der Waals surface area (Å²) in [5.41, 5.74) is 3.88. The van der Waals surface area contributed by atoms with Gasteiger partial charge in [0.25, 0.3) is 5.91 Å². The number of halogens is 2. The van der Waals surface area contributed by atoms with Crippen LogP contribution in [0.15, 0.2) is 42.6 Å². The van der Waals surface area contributed by atoms with Crippen LogP contribution in [0.25, 0.3) is 0 Å². The summed E-state index contributed by atoms with van der Waals surface area (Å²) in [6.45, 7) is 10.4. The number of likely N-dealkylation sites (tertiary alicyclic amines) is 1. The molecule has 2 aliphatic heterocycles. The second kappa shape index (κ2) is 12.0. The monoisotopic (exact) mass is 596 g/mol. The molecule has 0 radical (unpaired) electrons. The smallest absolute Gasteiger partial charge is 0.258 e. The fourth-order valence-corrected chi connectivity index (χ4v) is 5.81. The van der Waals surface area contributed by atoms with Crippen LogP contribution >= 0.6 is 23.2 Å². The molecule has 1 aromatic heterocycles. The molecule has 218 valence electrons. The van der Waals surface area contributed by atoms with E-state index in [-0.39, 0.29) is 17.7 Å². The molecule has 41 heavy (non-hydrogen) atoms. The van der Waals surface area contributed by atoms with Crippen LogP contribution in [-0.2, 0) is 24.9 Å². The van der Waals surface area contributed by atoms with Gasteiger partial charge in [-0.05, 0) is 80.2 Å². The van der Waals surface area contributed by atoms with Crippen molar-refractivity contribution in [1.82, 2.24) is 20.0 Å². The van der Waals surface area contributed by atoms with E-state index in [4.69, 9.17) is 23.2 Å². The number of carbonyl (C=O) groups excluding carboxylic acids is 2. The molecule has 2 aliphatic rings. The Labute approximate surface area is 252 Å². The number of nitrogens with one attached hydrogen (secondary N) is 2. The topological polar surface area (TPSA) is 82.5 Å². The average Bonchev–Trinajstić information content (AvgIpc) is 3.18. The fraction of sp³-hybridized carbons (Fsp3) is 0.452. The molecular weight excluding hydrogens is 559 g/mol. The Hall–Kier alpha value is -3.07. The predicted molar refractivity (Wildman–Crippen MR) is 165 cm³/mol. The van der Waals surface area contributed by atoms with E-state index >= 15 is 0 Å². The average molecular weight is 598 g/mol. The molecule has 0 atom stereocenters. The Balaban J connectivity index is 1.23. The summed E-state index contributed by atoms with van der Waals surface area (Å²) >= 11 is 12.9. The van der Waals surface area contributed by atoms with Crippen LogP contribution in [0.4, 0.5) is 17.2 Å². The van der Waals surface area contributed by atoms with Gasteiger partial charge < -0.3 is 20.4 Å². The molecule has 0 saturated carbocycles. The Kier molecular flexibility index (Phi) is 8.64. The number of nitrogens with zero attached hydrogens (tertiary/aromatic N) is 4. The lowest BCUT2D eigenvalue weighted by Crippen LogP contribution is -2.41. The molecule has 0 unspecified atom stereocenters. The first-order valence-corrected chi connectivity index (χ1v) is 14.9. The van der Waals surface area contributed by atoms with Crippen molar-refractivity contribution in [3.63, 3.8) is 0 Å². The SMILES string of the molecule is Cn1ncc2c1Nc1cc(Cl)ccc1N(C(=O)c1ccc(CNC(=O)C3CCN(CCC(C)(C)C)CC3)c(Cl)c1)C2. The molecule has 8 nitrogen and oxygen atoms in total. The maximum Gasteiger partial charge on any atom is 0.258 e. The van der Waals surface area contributed by atoms with Crippen molar-refractivity contribution in [3.05, 3.63) is 69.3 Å². The molecule has 0 spiro atoms. The van der Waals surface area contributed by atoms with Crippen LogP contribution in [0, 0.1) is 11.3 Å². The molecule has 2 aromatic carbocycles. The summed E-state index contributed by atoms with van der Waals surface area (Å²) in [7, 11) is 1.85. The van der Waals surface area contributed by atoms with Crippen LogP contribution in [-0.4, -0.2) is 46.1 Å². The molecular formula is C31H38Cl2N6O2. The molecule has 0 bridgehead atoms. The number of aromatic nitrogens is 2. The summed E-state index contributed by atoms with van der Waals surface area (Å²) in [5.74, 6) is 0.700. The second-order valence-electron chi connectivity index (χ2n) is 12.3. The number of hydrogen-bond acceptors (Lipinski definition) is 5. The minimum atomic E-state index is -0.192. The van der Waals surface area contributed by atoms with E-state index in [1.807, 2.05) is 19.2 Å².